The molecule has 0 amide bonds. The predicted molar refractivity (Wildman–Crippen MR) is 166 cm³/mol. The quantitative estimate of drug-likeness (QED) is 0.349. The van der Waals surface area contributed by atoms with Gasteiger partial charge in [-0.3, -0.25) is 0 Å². The van der Waals surface area contributed by atoms with Gasteiger partial charge in [-0.15, -0.1) is 0 Å². The highest BCUT2D eigenvalue weighted by Crippen LogP contribution is 2.37. The Labute approximate surface area is 237 Å². The van der Waals surface area contributed by atoms with E-state index in [2.05, 4.69) is 65.5 Å². The van der Waals surface area contributed by atoms with Gasteiger partial charge in [-0.05, 0) is 65.5 Å². The molecule has 220 valence electrons. The fourth-order valence-electron chi connectivity index (χ4n) is 4.13. The average Bonchev–Trinajstić information content (AvgIpc) is 2.54. The van der Waals surface area contributed by atoms with Crippen LogP contribution in [0.1, 0.15) is 0 Å². The Balaban J connectivity index is 2.55. The van der Waals surface area contributed by atoms with Crippen molar-refractivity contribution in [2.75, 3.05) is 6.23 Å². The molecule has 0 spiro atoms. The highest BCUT2D eigenvalue weighted by atomic mass is 28.6. The molecule has 2 bridgehead atoms. The first-order valence-electron chi connectivity index (χ1n) is 12.8. The van der Waals surface area contributed by atoms with E-state index >= 15 is 0 Å². The third-order valence-corrected chi connectivity index (χ3v) is 38.8. The third-order valence-electron chi connectivity index (χ3n) is 4.65. The van der Waals surface area contributed by atoms with Crippen LogP contribution in [0.5, 0.6) is 0 Å². The monoisotopic (exact) mass is 698 g/mol. The SMILES string of the molecule is C[SiH]1CO[Si](C)(O[Si](C)(C)C)O[Si]2(C)O[Si](C)(O1)O[Si](C)(O[SiH2]O[Si](C)(C)C)O[Si](C)(O[Si](C)(C)C)O2. The predicted octanol–water partition coefficient (Wildman–Crippen LogP) is 3.44. The topological polar surface area (TPSA) is 102 Å². The largest absolute Gasteiger partial charge is 0.479 e. The molecule has 2 rings (SSSR count). The minimum atomic E-state index is -3.52. The summed E-state index contributed by atoms with van der Waals surface area (Å²) in [6.45, 7) is 30.5. The van der Waals surface area contributed by atoms with Gasteiger partial charge in [0.05, 0.1) is 6.23 Å². The summed E-state index contributed by atoms with van der Waals surface area (Å²) in [4.78, 5) is 0. The Hall–Kier alpha value is 1.73. The molecule has 0 aromatic heterocycles. The molecule has 2 heterocycles. The van der Waals surface area contributed by atoms with Crippen molar-refractivity contribution in [3.8, 4) is 0 Å². The van der Waals surface area contributed by atoms with E-state index in [1.807, 2.05) is 32.7 Å². The summed E-state index contributed by atoms with van der Waals surface area (Å²) in [5, 5.41) is 0. The first-order valence-corrected chi connectivity index (χ1v) is 37.7. The Morgan fingerprint density at radius 2 is 1.11 bits per heavy atom. The summed E-state index contributed by atoms with van der Waals surface area (Å²) >= 11 is 0. The van der Waals surface area contributed by atoms with Crippen LogP contribution in [-0.4, -0.2) is 94.3 Å². The average molecular weight is 699 g/mol. The zero-order valence-corrected chi connectivity index (χ0v) is 36.1. The molecule has 0 N–H and O–H groups in total. The van der Waals surface area contributed by atoms with Gasteiger partial charge in [-0.2, -0.15) is 0 Å². The van der Waals surface area contributed by atoms with Gasteiger partial charge in [-0.25, -0.2) is 0 Å². The Kier molecular flexibility index (Phi) is 11.1. The summed E-state index contributed by atoms with van der Waals surface area (Å²) in [5.41, 5.74) is 0. The first kappa shape index (κ1) is 34.9. The van der Waals surface area contributed by atoms with E-state index in [9.17, 15) is 0 Å². The highest BCUT2D eigenvalue weighted by molar-refractivity contribution is 6.94. The van der Waals surface area contributed by atoms with Crippen LogP contribution in [0.15, 0.2) is 0 Å². The maximum absolute atomic E-state index is 6.80. The second-order valence-corrected chi connectivity index (χ2v) is 45.8. The van der Waals surface area contributed by atoms with Gasteiger partial charge < -0.3 is 45.6 Å². The van der Waals surface area contributed by atoms with Crippen molar-refractivity contribution in [2.24, 2.45) is 0 Å². The van der Waals surface area contributed by atoms with E-state index < -0.39 is 88.0 Å². The standard InChI is InChI=1S/C16H50O11Si10/c1-29-16-17-33(11,21-31(5,6)7)23-37(15)26-35(13,20-29)24-34(12,19-28-18-30(2,3)4)25-36(14,27-37)22-32(8,9)10/h29H,16,28H2,1-15H3. The molecule has 2 aliphatic rings. The zero-order chi connectivity index (χ0) is 28.8. The second-order valence-electron chi connectivity index (χ2n) is 13.0. The van der Waals surface area contributed by atoms with Gasteiger partial charge >= 0.3 is 44.0 Å². The lowest BCUT2D eigenvalue weighted by Gasteiger charge is -2.49. The molecule has 0 radical (unpaired) electrons. The van der Waals surface area contributed by atoms with Crippen LogP contribution >= 0.6 is 0 Å². The number of hydrogen-bond acceptors (Lipinski definition) is 11. The second kappa shape index (κ2) is 11.8. The maximum atomic E-state index is 6.80. The van der Waals surface area contributed by atoms with Crippen molar-refractivity contribution < 1.29 is 45.6 Å². The van der Waals surface area contributed by atoms with Gasteiger partial charge in [0.2, 0.25) is 0 Å². The fourth-order valence-corrected chi connectivity index (χ4v) is 43.0. The van der Waals surface area contributed by atoms with E-state index in [1.165, 1.54) is 0 Å². The molecular formula is C16H50O11Si10. The van der Waals surface area contributed by atoms with Crippen LogP contribution in [0, 0.1) is 0 Å². The van der Waals surface area contributed by atoms with E-state index in [0.717, 1.165) is 0 Å². The lowest BCUT2D eigenvalue weighted by Crippen LogP contribution is -2.73. The number of hydrogen-bond donors (Lipinski definition) is 0. The Bertz CT molecular complexity index is 797. The summed E-state index contributed by atoms with van der Waals surface area (Å²) in [7, 11) is -26.0. The van der Waals surface area contributed by atoms with Gasteiger partial charge in [0, 0.05) is 32.7 Å². The maximum Gasteiger partial charge on any atom is 0.479 e. The molecule has 21 heteroatoms. The Morgan fingerprint density at radius 1 is 0.622 bits per heavy atom. The van der Waals surface area contributed by atoms with Crippen LogP contribution in [0.4, 0.5) is 0 Å². The third kappa shape index (κ3) is 12.2. The smallest absolute Gasteiger partial charge is 0.441 e. The lowest BCUT2D eigenvalue weighted by molar-refractivity contribution is 0.0807. The van der Waals surface area contributed by atoms with Crippen LogP contribution in [0.2, 0.25) is 98.2 Å². The van der Waals surface area contributed by atoms with Gasteiger partial charge in [0.15, 0.2) is 34.0 Å². The minimum Gasteiger partial charge on any atom is -0.441 e. The van der Waals surface area contributed by atoms with Crippen LogP contribution < -0.4 is 0 Å². The van der Waals surface area contributed by atoms with E-state index in [0.29, 0.717) is 6.23 Å². The van der Waals surface area contributed by atoms with Crippen LogP contribution in [-0.2, 0) is 45.6 Å². The van der Waals surface area contributed by atoms with Crippen molar-refractivity contribution in [2.45, 2.75) is 98.2 Å². The molecule has 2 fully saturated rings. The van der Waals surface area contributed by atoms with E-state index in [-0.39, 0.29) is 0 Å². The molecule has 0 aromatic carbocycles. The molecule has 2 aliphatic heterocycles. The summed E-state index contributed by atoms with van der Waals surface area (Å²) in [6, 6.07) is 0. The van der Waals surface area contributed by atoms with Crippen molar-refractivity contribution in [3.63, 3.8) is 0 Å². The number of rotatable bonds is 8. The fraction of sp³-hybridized carbons (Fsp3) is 1.00. The zero-order valence-electron chi connectivity index (χ0n) is 25.5. The minimum absolute atomic E-state index is 0.417. The first-order chi connectivity index (χ1) is 16.3. The van der Waals surface area contributed by atoms with Crippen molar-refractivity contribution >= 4 is 88.0 Å². The molecule has 6 unspecified atom stereocenters. The lowest BCUT2D eigenvalue weighted by atomic mass is 11.7. The van der Waals surface area contributed by atoms with E-state index in [1.54, 1.807) is 0 Å². The molecule has 37 heavy (non-hydrogen) atoms. The molecule has 0 saturated carbocycles. The molecule has 2 saturated heterocycles. The summed E-state index contributed by atoms with van der Waals surface area (Å²) in [6.07, 6.45) is 0.417. The molecule has 0 aromatic rings. The molecule has 6 atom stereocenters. The molecular weight excluding hydrogens is 649 g/mol. The molecule has 0 aliphatic carbocycles. The molecule has 11 nitrogen and oxygen atoms in total. The van der Waals surface area contributed by atoms with Gasteiger partial charge in [-0.1, -0.05) is 0 Å². The van der Waals surface area contributed by atoms with Gasteiger partial charge in [0.1, 0.15) is 0 Å². The Morgan fingerprint density at radius 3 is 1.62 bits per heavy atom. The number of fused-ring (bicyclic) bond motifs is 2. The van der Waals surface area contributed by atoms with Crippen molar-refractivity contribution in [3.05, 3.63) is 0 Å². The van der Waals surface area contributed by atoms with Crippen LogP contribution in [0.3, 0.4) is 0 Å². The van der Waals surface area contributed by atoms with Crippen molar-refractivity contribution in [1.82, 2.24) is 0 Å². The summed E-state index contributed by atoms with van der Waals surface area (Å²) < 4.78 is 72.4. The van der Waals surface area contributed by atoms with Gasteiger partial charge in [0.25, 0.3) is 10.0 Å². The van der Waals surface area contributed by atoms with Crippen LogP contribution in [0.25, 0.3) is 0 Å². The van der Waals surface area contributed by atoms with E-state index in [4.69, 9.17) is 45.6 Å². The normalized spacial score (nSPS) is 41.1. The summed E-state index contributed by atoms with van der Waals surface area (Å²) in [5.74, 6) is 0. The highest BCUT2D eigenvalue weighted by Gasteiger charge is 2.65. The van der Waals surface area contributed by atoms with Crippen molar-refractivity contribution in [1.29, 1.82) is 0 Å².